The topological polar surface area (TPSA) is 75.0 Å². The van der Waals surface area contributed by atoms with Crippen LogP contribution in [0.15, 0.2) is 47.3 Å². The zero-order valence-corrected chi connectivity index (χ0v) is 13.1. The highest BCUT2D eigenvalue weighted by molar-refractivity contribution is 5.82. The number of nitrogens with zero attached hydrogens (tertiary/aromatic N) is 2. The van der Waals surface area contributed by atoms with Gasteiger partial charge in [0.1, 0.15) is 5.82 Å². The summed E-state index contributed by atoms with van der Waals surface area (Å²) in [6.07, 6.45) is 3.71. The fourth-order valence-corrected chi connectivity index (χ4v) is 2.31. The van der Waals surface area contributed by atoms with Gasteiger partial charge < -0.3 is 15.6 Å². The Labute approximate surface area is 134 Å². The summed E-state index contributed by atoms with van der Waals surface area (Å²) in [4.78, 5) is 21.3. The number of fused-ring (bicyclic) bond motifs is 1. The van der Waals surface area contributed by atoms with Crippen molar-refractivity contribution in [2.24, 2.45) is 0 Å². The minimum absolute atomic E-state index is 0.190. The number of benzene rings is 2. The number of nitrogens with two attached hydrogens (primary N) is 1. The average molecular weight is 306 g/mol. The Morgan fingerprint density at radius 3 is 2.52 bits per heavy atom. The Kier molecular flexibility index (Phi) is 3.85. The number of rotatable bonds is 3. The highest BCUT2D eigenvalue weighted by Gasteiger charge is 2.02. The van der Waals surface area contributed by atoms with E-state index in [2.05, 4.69) is 9.97 Å². The minimum atomic E-state index is -0.190. The fourth-order valence-electron chi connectivity index (χ4n) is 2.31. The largest absolute Gasteiger partial charge is 0.399 e. The molecule has 0 saturated heterocycles. The lowest BCUT2D eigenvalue weighted by Gasteiger charge is -2.11. The Hall–Kier alpha value is -3.08. The SMILES string of the molecule is CN(C)c1ccc(C=Cc2nc3ccc(N)cc3c(=O)[nH]2)cc1. The Balaban J connectivity index is 1.91. The first-order valence-corrected chi connectivity index (χ1v) is 7.28. The van der Waals surface area contributed by atoms with Gasteiger partial charge in [0, 0.05) is 25.5 Å². The standard InChI is InChI=1S/C18H18N4O/c1-22(2)14-7-3-12(4-8-14)5-10-17-20-16-9-6-13(19)11-15(16)18(23)21-17/h3-11H,19H2,1-2H3,(H,20,21,23). The second kappa shape index (κ2) is 5.96. The Bertz CT molecular complexity index is 924. The number of nitrogens with one attached hydrogen (secondary N) is 1. The molecule has 3 N–H and O–H groups in total. The highest BCUT2D eigenvalue weighted by Crippen LogP contribution is 2.15. The zero-order valence-electron chi connectivity index (χ0n) is 13.1. The van der Waals surface area contributed by atoms with E-state index in [0.29, 0.717) is 22.4 Å². The summed E-state index contributed by atoms with van der Waals surface area (Å²) in [5.74, 6) is 0.518. The summed E-state index contributed by atoms with van der Waals surface area (Å²) < 4.78 is 0. The minimum Gasteiger partial charge on any atom is -0.399 e. The second-order valence-corrected chi connectivity index (χ2v) is 5.55. The van der Waals surface area contributed by atoms with Crippen LogP contribution in [-0.4, -0.2) is 24.1 Å². The van der Waals surface area contributed by atoms with Crippen molar-refractivity contribution in [3.05, 3.63) is 64.2 Å². The smallest absolute Gasteiger partial charge is 0.259 e. The van der Waals surface area contributed by atoms with Crippen LogP contribution in [0.3, 0.4) is 0 Å². The summed E-state index contributed by atoms with van der Waals surface area (Å²) in [5.41, 5.74) is 8.86. The number of nitrogen functional groups attached to an aromatic ring is 1. The first kappa shape index (κ1) is 14.8. The van der Waals surface area contributed by atoms with E-state index in [1.165, 1.54) is 0 Å². The Morgan fingerprint density at radius 2 is 1.83 bits per heavy atom. The average Bonchev–Trinajstić information content (AvgIpc) is 2.54. The first-order chi connectivity index (χ1) is 11.0. The summed E-state index contributed by atoms with van der Waals surface area (Å²) in [5, 5.41) is 0.498. The van der Waals surface area contributed by atoms with Gasteiger partial charge in [-0.05, 0) is 42.0 Å². The van der Waals surface area contributed by atoms with Crippen molar-refractivity contribution < 1.29 is 0 Å². The van der Waals surface area contributed by atoms with Gasteiger partial charge in [-0.2, -0.15) is 0 Å². The number of hydrogen-bond donors (Lipinski definition) is 2. The van der Waals surface area contributed by atoms with Crippen LogP contribution in [0.1, 0.15) is 11.4 Å². The fraction of sp³-hybridized carbons (Fsp3) is 0.111. The van der Waals surface area contributed by atoms with Crippen molar-refractivity contribution in [3.8, 4) is 0 Å². The molecule has 2 aromatic carbocycles. The van der Waals surface area contributed by atoms with Gasteiger partial charge in [0.25, 0.3) is 5.56 Å². The quantitative estimate of drug-likeness (QED) is 0.730. The van der Waals surface area contributed by atoms with Gasteiger partial charge in [-0.1, -0.05) is 18.2 Å². The lowest BCUT2D eigenvalue weighted by molar-refractivity contribution is 1.13. The molecule has 0 aliphatic rings. The van der Waals surface area contributed by atoms with Crippen LogP contribution in [0, 0.1) is 0 Å². The molecule has 0 saturated carbocycles. The normalized spacial score (nSPS) is 11.2. The van der Waals surface area contributed by atoms with Crippen molar-refractivity contribution >= 4 is 34.4 Å². The predicted octanol–water partition coefficient (Wildman–Crippen LogP) is 2.74. The maximum atomic E-state index is 12.1. The molecule has 0 aliphatic carbocycles. The number of anilines is 2. The molecule has 5 nitrogen and oxygen atoms in total. The summed E-state index contributed by atoms with van der Waals surface area (Å²) in [6, 6.07) is 13.2. The predicted molar refractivity (Wildman–Crippen MR) is 96.5 cm³/mol. The molecule has 0 radical (unpaired) electrons. The first-order valence-electron chi connectivity index (χ1n) is 7.28. The maximum absolute atomic E-state index is 12.1. The van der Waals surface area contributed by atoms with Crippen molar-refractivity contribution in [3.63, 3.8) is 0 Å². The molecule has 1 heterocycles. The van der Waals surface area contributed by atoms with E-state index in [9.17, 15) is 4.79 Å². The van der Waals surface area contributed by atoms with Gasteiger partial charge in [0.05, 0.1) is 10.9 Å². The lowest BCUT2D eigenvalue weighted by Crippen LogP contribution is -2.10. The van der Waals surface area contributed by atoms with E-state index in [1.807, 2.05) is 49.3 Å². The summed E-state index contributed by atoms with van der Waals surface area (Å²) in [6.45, 7) is 0. The van der Waals surface area contributed by atoms with Gasteiger partial charge in [-0.15, -0.1) is 0 Å². The molecule has 0 bridgehead atoms. The van der Waals surface area contributed by atoms with Crippen LogP contribution in [0.25, 0.3) is 23.1 Å². The number of H-pyrrole nitrogens is 1. The van der Waals surface area contributed by atoms with E-state index in [4.69, 9.17) is 5.73 Å². The van der Waals surface area contributed by atoms with E-state index < -0.39 is 0 Å². The van der Waals surface area contributed by atoms with Crippen molar-refractivity contribution in [2.45, 2.75) is 0 Å². The van der Waals surface area contributed by atoms with E-state index in [-0.39, 0.29) is 5.56 Å². The molecule has 116 valence electrons. The molecule has 0 fully saturated rings. The van der Waals surface area contributed by atoms with Crippen LogP contribution < -0.4 is 16.2 Å². The van der Waals surface area contributed by atoms with Crippen molar-refractivity contribution in [2.75, 3.05) is 24.7 Å². The van der Waals surface area contributed by atoms with Gasteiger partial charge in [0.2, 0.25) is 0 Å². The Morgan fingerprint density at radius 1 is 1.09 bits per heavy atom. The molecule has 1 aromatic heterocycles. The number of aromatic amines is 1. The highest BCUT2D eigenvalue weighted by atomic mass is 16.1. The summed E-state index contributed by atoms with van der Waals surface area (Å²) >= 11 is 0. The molecule has 23 heavy (non-hydrogen) atoms. The third kappa shape index (κ3) is 3.23. The van der Waals surface area contributed by atoms with E-state index in [0.717, 1.165) is 11.3 Å². The monoisotopic (exact) mass is 306 g/mol. The zero-order chi connectivity index (χ0) is 16.4. The molecule has 3 rings (SSSR count). The molecule has 0 aliphatic heterocycles. The molecule has 0 atom stereocenters. The third-order valence-electron chi connectivity index (χ3n) is 3.59. The van der Waals surface area contributed by atoms with Crippen molar-refractivity contribution in [1.29, 1.82) is 0 Å². The number of hydrogen-bond acceptors (Lipinski definition) is 4. The molecule has 5 heteroatoms. The van der Waals surface area contributed by atoms with Crippen LogP contribution in [0.4, 0.5) is 11.4 Å². The molecular formula is C18H18N4O. The molecule has 3 aromatic rings. The van der Waals surface area contributed by atoms with Crippen LogP contribution in [-0.2, 0) is 0 Å². The van der Waals surface area contributed by atoms with Crippen LogP contribution in [0.5, 0.6) is 0 Å². The van der Waals surface area contributed by atoms with Gasteiger partial charge in [-0.25, -0.2) is 4.98 Å². The third-order valence-corrected chi connectivity index (χ3v) is 3.59. The lowest BCUT2D eigenvalue weighted by atomic mass is 10.2. The van der Waals surface area contributed by atoms with Gasteiger partial charge in [0.15, 0.2) is 0 Å². The van der Waals surface area contributed by atoms with E-state index >= 15 is 0 Å². The van der Waals surface area contributed by atoms with Gasteiger partial charge >= 0.3 is 0 Å². The van der Waals surface area contributed by atoms with Crippen LogP contribution in [0.2, 0.25) is 0 Å². The summed E-state index contributed by atoms with van der Waals surface area (Å²) in [7, 11) is 4.00. The maximum Gasteiger partial charge on any atom is 0.259 e. The number of aromatic nitrogens is 2. The molecule has 0 unspecified atom stereocenters. The van der Waals surface area contributed by atoms with Crippen molar-refractivity contribution in [1.82, 2.24) is 9.97 Å². The van der Waals surface area contributed by atoms with Crippen LogP contribution >= 0.6 is 0 Å². The molecule has 0 amide bonds. The molecular weight excluding hydrogens is 288 g/mol. The van der Waals surface area contributed by atoms with E-state index in [1.54, 1.807) is 24.3 Å². The second-order valence-electron chi connectivity index (χ2n) is 5.55. The molecule has 0 spiro atoms. The van der Waals surface area contributed by atoms with Gasteiger partial charge in [-0.3, -0.25) is 4.79 Å².